The van der Waals surface area contributed by atoms with Gasteiger partial charge in [-0.15, -0.1) is 0 Å². The fourth-order valence-corrected chi connectivity index (χ4v) is 6.05. The number of fused-ring (bicyclic) bond motifs is 3. The van der Waals surface area contributed by atoms with Crippen molar-refractivity contribution in [2.75, 3.05) is 14.2 Å². The number of hydrogen-bond acceptors (Lipinski definition) is 5. The first-order valence-corrected chi connectivity index (χ1v) is 12.4. The second-order valence-corrected chi connectivity index (χ2v) is 9.64. The molecule has 1 atom stereocenters. The number of aromatic nitrogens is 1. The van der Waals surface area contributed by atoms with E-state index in [-0.39, 0.29) is 11.6 Å². The number of allylic oxidation sites excluding steroid dienone is 1. The van der Waals surface area contributed by atoms with E-state index in [1.165, 1.54) is 16.9 Å². The lowest BCUT2D eigenvalue weighted by Crippen LogP contribution is -2.39. The smallest absolute Gasteiger partial charge is 0.271 e. The zero-order valence-electron chi connectivity index (χ0n) is 19.5. The van der Waals surface area contributed by atoms with Gasteiger partial charge in [-0.25, -0.2) is 4.99 Å². The van der Waals surface area contributed by atoms with Crippen LogP contribution in [-0.2, 0) is 6.42 Å². The molecule has 6 heteroatoms. The molecule has 3 aromatic carbocycles. The number of ether oxygens (including phenoxy) is 2. The Kier molecular flexibility index (Phi) is 5.38. The Bertz CT molecular complexity index is 1650. The molecule has 1 aliphatic carbocycles. The minimum Gasteiger partial charge on any atom is -0.497 e. The van der Waals surface area contributed by atoms with E-state index < -0.39 is 0 Å². The lowest BCUT2D eigenvalue weighted by atomic mass is 9.83. The molecule has 0 saturated carbocycles. The van der Waals surface area contributed by atoms with Crippen molar-refractivity contribution in [1.82, 2.24) is 4.57 Å². The number of nitrogens with zero attached hydrogens (tertiary/aromatic N) is 2. The lowest BCUT2D eigenvalue weighted by molar-refractivity contribution is 0.392. The predicted molar refractivity (Wildman–Crippen MR) is 139 cm³/mol. The number of aryl methyl sites for hydroxylation is 1. The van der Waals surface area contributed by atoms with Gasteiger partial charge in [-0.1, -0.05) is 65.9 Å². The normalized spacial score (nSPS) is 16.7. The Labute approximate surface area is 206 Å². The Balaban J connectivity index is 1.67. The van der Waals surface area contributed by atoms with Crippen LogP contribution in [0.2, 0.25) is 0 Å². The summed E-state index contributed by atoms with van der Waals surface area (Å²) < 4.78 is 13.8. The molecular weight excluding hydrogens is 456 g/mol. The topological polar surface area (TPSA) is 52.8 Å². The van der Waals surface area contributed by atoms with Crippen molar-refractivity contribution in [2.24, 2.45) is 4.99 Å². The molecule has 0 radical (unpaired) electrons. The highest BCUT2D eigenvalue weighted by Gasteiger charge is 2.34. The van der Waals surface area contributed by atoms with Gasteiger partial charge in [0, 0.05) is 11.1 Å². The molecule has 35 heavy (non-hydrogen) atoms. The molecule has 0 spiro atoms. The second-order valence-electron chi connectivity index (χ2n) is 8.63. The van der Waals surface area contributed by atoms with Gasteiger partial charge in [0.1, 0.15) is 11.5 Å². The third-order valence-corrected chi connectivity index (χ3v) is 7.68. The molecule has 2 aliphatic rings. The molecule has 0 amide bonds. The summed E-state index contributed by atoms with van der Waals surface area (Å²) in [6.45, 7) is 0. The number of hydrogen-bond donors (Lipinski definition) is 0. The van der Waals surface area contributed by atoms with Gasteiger partial charge in [0.05, 0.1) is 30.5 Å². The van der Waals surface area contributed by atoms with Crippen LogP contribution >= 0.6 is 11.3 Å². The average Bonchev–Trinajstić information content (AvgIpc) is 3.21. The highest BCUT2D eigenvalue weighted by molar-refractivity contribution is 7.07. The van der Waals surface area contributed by atoms with Crippen LogP contribution in [0, 0.1) is 0 Å². The van der Waals surface area contributed by atoms with Crippen molar-refractivity contribution in [3.63, 3.8) is 0 Å². The van der Waals surface area contributed by atoms with Crippen LogP contribution in [0.5, 0.6) is 11.5 Å². The minimum absolute atomic E-state index is 0.0436. The monoisotopic (exact) mass is 480 g/mol. The summed E-state index contributed by atoms with van der Waals surface area (Å²) in [7, 11) is 3.31. The highest BCUT2D eigenvalue weighted by atomic mass is 32.1. The van der Waals surface area contributed by atoms with Crippen LogP contribution < -0.4 is 24.4 Å². The first-order valence-electron chi connectivity index (χ1n) is 11.6. The molecule has 1 aromatic heterocycles. The van der Waals surface area contributed by atoms with E-state index in [0.29, 0.717) is 9.33 Å². The molecule has 1 aliphatic heterocycles. The Morgan fingerprint density at radius 3 is 2.57 bits per heavy atom. The molecule has 174 valence electrons. The number of thiazole rings is 1. The van der Waals surface area contributed by atoms with Gasteiger partial charge in [0.2, 0.25) is 0 Å². The van der Waals surface area contributed by atoms with Crippen molar-refractivity contribution in [3.8, 4) is 11.5 Å². The number of rotatable bonds is 4. The first kappa shape index (κ1) is 21.6. The molecular formula is C29H24N2O3S. The molecule has 1 unspecified atom stereocenters. The van der Waals surface area contributed by atoms with Gasteiger partial charge in [0.15, 0.2) is 4.80 Å². The molecule has 4 aromatic rings. The molecule has 0 saturated heterocycles. The molecule has 0 bridgehead atoms. The van der Waals surface area contributed by atoms with Crippen LogP contribution in [-0.4, -0.2) is 18.8 Å². The average molecular weight is 481 g/mol. The van der Waals surface area contributed by atoms with Crippen LogP contribution in [0.15, 0.2) is 88.2 Å². The Hall–Kier alpha value is -3.90. The molecule has 5 nitrogen and oxygen atoms in total. The summed E-state index contributed by atoms with van der Waals surface area (Å²) in [6, 6.07) is 23.8. The van der Waals surface area contributed by atoms with Crippen molar-refractivity contribution in [3.05, 3.63) is 120 Å². The largest absolute Gasteiger partial charge is 0.497 e. The van der Waals surface area contributed by atoms with Gasteiger partial charge in [-0.3, -0.25) is 9.36 Å². The van der Waals surface area contributed by atoms with Crippen molar-refractivity contribution < 1.29 is 9.47 Å². The fraction of sp³-hybridized carbons (Fsp3) is 0.172. The van der Waals surface area contributed by atoms with E-state index in [4.69, 9.17) is 14.5 Å². The van der Waals surface area contributed by atoms with E-state index in [1.807, 2.05) is 59.2 Å². The van der Waals surface area contributed by atoms with Crippen LogP contribution in [0.1, 0.15) is 34.7 Å². The number of benzene rings is 3. The quantitative estimate of drug-likeness (QED) is 0.437. The summed E-state index contributed by atoms with van der Waals surface area (Å²) in [6.07, 6.45) is 3.67. The predicted octanol–water partition coefficient (Wildman–Crippen LogP) is 4.34. The van der Waals surface area contributed by atoms with E-state index in [2.05, 4.69) is 24.3 Å². The van der Waals surface area contributed by atoms with Crippen LogP contribution in [0.25, 0.3) is 11.8 Å². The van der Waals surface area contributed by atoms with Crippen LogP contribution in [0.3, 0.4) is 0 Å². The minimum atomic E-state index is -0.322. The standard InChI is InChI=1S/C29H24N2O3S/c1-33-20-13-15-24(34-2)23(17-20)27-22-14-12-19-10-6-7-11-21(19)26(22)30-29-31(27)28(32)25(35-29)16-18-8-4-3-5-9-18/h3-11,13,15-17,27H,12,14H2,1-2H3/b25-16+. The molecule has 0 fully saturated rings. The Morgan fingerprint density at radius 1 is 0.971 bits per heavy atom. The summed E-state index contributed by atoms with van der Waals surface area (Å²) in [5.41, 5.74) is 6.38. The van der Waals surface area contributed by atoms with Gasteiger partial charge >= 0.3 is 0 Å². The van der Waals surface area contributed by atoms with Gasteiger partial charge in [0.25, 0.3) is 5.56 Å². The fourth-order valence-electron chi connectivity index (χ4n) is 5.05. The maximum atomic E-state index is 13.9. The lowest BCUT2D eigenvalue weighted by Gasteiger charge is -2.31. The van der Waals surface area contributed by atoms with Gasteiger partial charge in [-0.05, 0) is 53.8 Å². The highest BCUT2D eigenvalue weighted by Crippen LogP contribution is 2.44. The third kappa shape index (κ3) is 3.61. The summed E-state index contributed by atoms with van der Waals surface area (Å²) in [5.74, 6) is 1.45. The van der Waals surface area contributed by atoms with Gasteiger partial charge in [-0.2, -0.15) is 0 Å². The van der Waals surface area contributed by atoms with E-state index in [0.717, 1.165) is 52.3 Å². The van der Waals surface area contributed by atoms with Crippen molar-refractivity contribution in [1.29, 1.82) is 0 Å². The van der Waals surface area contributed by atoms with Gasteiger partial charge < -0.3 is 9.47 Å². The van der Waals surface area contributed by atoms with Crippen LogP contribution in [0.4, 0.5) is 0 Å². The summed E-state index contributed by atoms with van der Waals surface area (Å²) in [4.78, 5) is 19.6. The second kappa shape index (κ2) is 8.71. The van der Waals surface area contributed by atoms with Crippen molar-refractivity contribution >= 4 is 23.1 Å². The zero-order chi connectivity index (χ0) is 23.9. The zero-order valence-corrected chi connectivity index (χ0v) is 20.3. The maximum absolute atomic E-state index is 13.9. The maximum Gasteiger partial charge on any atom is 0.271 e. The SMILES string of the molecule is COc1ccc(OC)c(C2C3=C(N=c4s/c(=C/c5ccccc5)c(=O)n42)c2ccccc2CC3)c1. The Morgan fingerprint density at radius 2 is 1.77 bits per heavy atom. The molecule has 2 heterocycles. The molecule has 6 rings (SSSR count). The molecule has 0 N–H and O–H groups in total. The first-order chi connectivity index (χ1) is 17.2. The van der Waals surface area contributed by atoms with E-state index in [9.17, 15) is 4.79 Å². The third-order valence-electron chi connectivity index (χ3n) is 6.70. The van der Waals surface area contributed by atoms with E-state index >= 15 is 0 Å². The van der Waals surface area contributed by atoms with E-state index in [1.54, 1.807) is 14.2 Å². The summed E-state index contributed by atoms with van der Waals surface area (Å²) >= 11 is 1.43. The summed E-state index contributed by atoms with van der Waals surface area (Å²) in [5, 5.41) is 0. The number of methoxy groups -OCH3 is 2. The van der Waals surface area contributed by atoms with Crippen molar-refractivity contribution in [2.45, 2.75) is 18.9 Å².